The summed E-state index contributed by atoms with van der Waals surface area (Å²) >= 11 is -0.951. The lowest BCUT2D eigenvalue weighted by Gasteiger charge is -2.32. The summed E-state index contributed by atoms with van der Waals surface area (Å²) in [5, 5.41) is 55.7. The average molecular weight is 1380 g/mol. The highest BCUT2D eigenvalue weighted by molar-refractivity contribution is 7.98. The highest BCUT2D eigenvalue weighted by atomic mass is 32.2. The minimum absolute atomic E-state index is 0.00865. The molecule has 5 aliphatic rings. The van der Waals surface area contributed by atoms with Crippen LogP contribution in [0.1, 0.15) is 115 Å². The summed E-state index contributed by atoms with van der Waals surface area (Å²) in [6, 6.07) is -6.96. The molecule has 0 radical (unpaired) electrons. The molecule has 5 heterocycles. The smallest absolute Gasteiger partial charge is 0.253 e. The SMILES string of the molecule is CC[C@H](C)[C@@H]1NC(=O)CNC(=O)[C@@H]2Cc3c([nH]c4c(CSCCCCNC(=O)CCCCCNC(=O)C5CCC(CN6C(=O)C=CC6=O)CC5)c(OC)ccc34)[S+]([O-])C[C@H](NC(=O)CNC1=O)C(=O)N[C@@H](CC(N)=O)C(=O)N1C[C@H](O)CC1C(=O)N[C@@H]([C@@H](C)[C@@H](O)CO)C(=O)N2. The van der Waals surface area contributed by atoms with Gasteiger partial charge in [0.05, 0.1) is 51.0 Å². The molecule has 13 amide bonds. The number of primary amides is 1. The van der Waals surface area contributed by atoms with E-state index in [9.17, 15) is 77.6 Å². The van der Waals surface area contributed by atoms with Gasteiger partial charge in [0.15, 0.2) is 6.04 Å². The normalized spacial score (nSPS) is 26.0. The Bertz CT molecular complexity index is 3220. The first-order valence-corrected chi connectivity index (χ1v) is 35.1. The van der Waals surface area contributed by atoms with E-state index in [2.05, 4.69) is 52.8 Å². The molecule has 1 aromatic heterocycles. The van der Waals surface area contributed by atoms with E-state index >= 15 is 4.55 Å². The Morgan fingerprint density at radius 1 is 0.802 bits per heavy atom. The molecule has 2 unspecified atom stereocenters. The average Bonchev–Trinajstić information content (AvgIpc) is 1.61. The van der Waals surface area contributed by atoms with Crippen LogP contribution in [-0.4, -0.2) is 224 Å². The van der Waals surface area contributed by atoms with Gasteiger partial charge in [-0.15, -0.1) is 0 Å². The van der Waals surface area contributed by atoms with Crippen LogP contribution in [0.25, 0.3) is 10.9 Å². The number of aromatic nitrogens is 1. The van der Waals surface area contributed by atoms with E-state index in [1.807, 2.05) is 0 Å². The fourth-order valence-corrected chi connectivity index (χ4v) is 14.8. The molecule has 528 valence electrons. The number of benzene rings is 1. The summed E-state index contributed by atoms with van der Waals surface area (Å²) in [4.78, 5) is 182. The Labute approximate surface area is 562 Å². The number of carbonyl (C=O) groups is 13. The van der Waals surface area contributed by atoms with Crippen molar-refractivity contribution in [3.8, 4) is 5.75 Å². The van der Waals surface area contributed by atoms with Gasteiger partial charge < -0.3 is 88.1 Å². The zero-order chi connectivity index (χ0) is 69.9. The third kappa shape index (κ3) is 20.4. The zero-order valence-corrected chi connectivity index (χ0v) is 56.1. The van der Waals surface area contributed by atoms with Crippen molar-refractivity contribution in [1.29, 1.82) is 0 Å². The summed E-state index contributed by atoms with van der Waals surface area (Å²) in [5.74, 6) is -11.4. The molecular formula is C63H91N13O18S2. The monoisotopic (exact) mass is 1380 g/mol. The van der Waals surface area contributed by atoms with Crippen LogP contribution < -0.4 is 58.3 Å². The third-order valence-corrected chi connectivity index (χ3v) is 20.7. The van der Waals surface area contributed by atoms with E-state index in [-0.39, 0.29) is 51.8 Å². The molecular weight excluding hydrogens is 1290 g/mol. The molecule has 33 heteroatoms. The molecule has 11 atom stereocenters. The highest BCUT2D eigenvalue weighted by Gasteiger charge is 2.46. The fourth-order valence-electron chi connectivity index (χ4n) is 12.4. The first kappa shape index (κ1) is 75.5. The standard InChI is InChI=1S/C63H91N13O18S2/c1-5-33(2)53-60(90)68-26-49(82)69-43-32-96(93)62-39(24-41(57(87)67-27-50(83)72-53)70-61(91)54(34(3)45(79)30-77)73-59(89)44-23-37(78)29-75(44)63(92)42(25-47(64)80)71-58(43)88)38-16-17-46(94-4)40(55(38)74-62)31-95-22-10-9-20-65-48(81)11-7-6-8-21-66-56(86)36-14-12-35(13-15-36)28-76-51(84)18-19-52(76)85/h16-19,33-37,41-45,53-54,74,77-79H,5-15,20-32H2,1-4H3,(H2,64,80)(H,65,81)(H,66,86)(H,67,87)(H,68,90)(H,69,82)(H,70,91)(H,71,88)(H,72,83)(H,73,89)/t33-,34-,35?,36?,37+,41-,42-,43-,44?,45-,53-,54-,96?/m0/s1. The number of carbonyl (C=O) groups excluding carboxylic acids is 13. The number of methoxy groups -OCH3 is 1. The van der Waals surface area contributed by atoms with Crippen molar-refractivity contribution in [2.24, 2.45) is 29.4 Å². The largest absolute Gasteiger partial charge is 0.610 e. The van der Waals surface area contributed by atoms with Crippen LogP contribution in [0.3, 0.4) is 0 Å². The van der Waals surface area contributed by atoms with E-state index in [4.69, 9.17) is 10.5 Å². The van der Waals surface area contributed by atoms with E-state index in [1.165, 1.54) is 42.8 Å². The molecule has 96 heavy (non-hydrogen) atoms. The summed E-state index contributed by atoms with van der Waals surface area (Å²) in [5.41, 5.74) is 6.60. The maximum absolute atomic E-state index is 15.4. The van der Waals surface area contributed by atoms with Gasteiger partial charge in [0.2, 0.25) is 70.0 Å². The van der Waals surface area contributed by atoms with Gasteiger partial charge in [-0.05, 0) is 81.1 Å². The predicted octanol–water partition coefficient (Wildman–Crippen LogP) is -3.08. The molecule has 1 saturated carbocycles. The van der Waals surface area contributed by atoms with Crippen molar-refractivity contribution < 1.29 is 86.9 Å². The predicted molar refractivity (Wildman–Crippen MR) is 348 cm³/mol. The van der Waals surface area contributed by atoms with Crippen molar-refractivity contribution in [2.45, 2.75) is 170 Å². The number of ether oxygens (including phenoxy) is 1. The minimum Gasteiger partial charge on any atom is -0.610 e. The quantitative estimate of drug-likeness (QED) is 0.0282. The summed E-state index contributed by atoms with van der Waals surface area (Å²) in [7, 11) is 1.44. The van der Waals surface area contributed by atoms with Crippen molar-refractivity contribution in [1.82, 2.24) is 62.6 Å². The number of aliphatic hydroxyl groups excluding tert-OH is 3. The number of imide groups is 1. The molecule has 0 spiro atoms. The van der Waals surface area contributed by atoms with E-state index in [1.54, 1.807) is 26.0 Å². The van der Waals surface area contributed by atoms with Gasteiger partial charge in [0, 0.05) is 103 Å². The molecule has 1 aliphatic carbocycles. The van der Waals surface area contributed by atoms with Gasteiger partial charge in [-0.2, -0.15) is 11.8 Å². The highest BCUT2D eigenvalue weighted by Crippen LogP contribution is 2.37. The molecule has 2 aromatic rings. The first-order chi connectivity index (χ1) is 45.8. The molecule has 7 rings (SSSR count). The lowest BCUT2D eigenvalue weighted by molar-refractivity contribution is -0.144. The molecule has 31 nitrogen and oxygen atoms in total. The van der Waals surface area contributed by atoms with Crippen molar-refractivity contribution >= 4 is 111 Å². The number of rotatable bonds is 24. The number of hydrogen-bond acceptors (Lipinski definition) is 19. The van der Waals surface area contributed by atoms with E-state index in [0.717, 1.165) is 24.2 Å². The number of aromatic amines is 1. The Morgan fingerprint density at radius 2 is 1.48 bits per heavy atom. The molecule has 2 bridgehead atoms. The van der Waals surface area contributed by atoms with Crippen LogP contribution in [0.4, 0.5) is 0 Å². The topological polar surface area (TPSA) is 471 Å². The molecule has 15 N–H and O–H groups in total. The van der Waals surface area contributed by atoms with Gasteiger partial charge in [-0.1, -0.05) is 33.6 Å². The summed E-state index contributed by atoms with van der Waals surface area (Å²) < 4.78 is 21.2. The van der Waals surface area contributed by atoms with Crippen molar-refractivity contribution in [3.05, 3.63) is 35.4 Å². The maximum Gasteiger partial charge on any atom is 0.253 e. The van der Waals surface area contributed by atoms with Crippen LogP contribution >= 0.6 is 11.8 Å². The van der Waals surface area contributed by atoms with Crippen molar-refractivity contribution in [2.75, 3.05) is 64.5 Å². The zero-order valence-electron chi connectivity index (χ0n) is 54.5. The Hall–Kier alpha value is -7.85. The van der Waals surface area contributed by atoms with Crippen LogP contribution in [0.2, 0.25) is 0 Å². The fraction of sp³-hybridized carbons (Fsp3) is 0.635. The van der Waals surface area contributed by atoms with E-state index < -0.39 is 176 Å². The second-order valence-electron chi connectivity index (χ2n) is 25.1. The lowest BCUT2D eigenvalue weighted by atomic mass is 9.81. The van der Waals surface area contributed by atoms with Crippen molar-refractivity contribution in [3.63, 3.8) is 0 Å². The number of nitrogens with zero attached hydrogens (tertiary/aromatic N) is 2. The second-order valence-corrected chi connectivity index (χ2v) is 27.7. The molecule has 1 aromatic carbocycles. The Balaban J connectivity index is 1.10. The van der Waals surface area contributed by atoms with Crippen LogP contribution in [0.5, 0.6) is 5.75 Å². The number of amides is 13. The van der Waals surface area contributed by atoms with E-state index in [0.29, 0.717) is 99.0 Å². The molecule has 2 fully saturated rings. The van der Waals surface area contributed by atoms with Gasteiger partial charge in [-0.3, -0.25) is 67.2 Å². The summed E-state index contributed by atoms with van der Waals surface area (Å²) in [6.45, 7) is 2.95. The minimum atomic E-state index is -2.45. The van der Waals surface area contributed by atoms with Gasteiger partial charge >= 0.3 is 0 Å². The summed E-state index contributed by atoms with van der Waals surface area (Å²) in [6.07, 6.45) is 4.53. The number of hydrogen-bond donors (Lipinski definition) is 14. The number of nitrogens with one attached hydrogen (secondary N) is 10. The molecule has 1 saturated heterocycles. The maximum atomic E-state index is 15.4. The van der Waals surface area contributed by atoms with Gasteiger partial charge in [0.1, 0.15) is 41.7 Å². The van der Waals surface area contributed by atoms with Crippen LogP contribution in [0, 0.1) is 23.7 Å². The molecule has 4 aliphatic heterocycles. The number of aliphatic hydroxyl groups is 3. The number of unbranched alkanes of at least 4 members (excludes halogenated alkanes) is 3. The second kappa shape index (κ2) is 35.9. The first-order valence-electron chi connectivity index (χ1n) is 32.7. The third-order valence-electron chi connectivity index (χ3n) is 18.2. The Kier molecular flexibility index (Phi) is 28.3. The number of thioether (sulfide) groups is 1. The Morgan fingerprint density at radius 3 is 2.16 bits per heavy atom. The van der Waals surface area contributed by atoms with Crippen LogP contribution in [-0.2, 0) is 85.7 Å². The number of fused-ring (bicyclic) bond motifs is 5. The lowest BCUT2D eigenvalue weighted by Crippen LogP contribution is -2.62. The van der Waals surface area contributed by atoms with Crippen LogP contribution in [0.15, 0.2) is 29.3 Å². The number of nitrogens with two attached hydrogens (primary N) is 1. The van der Waals surface area contributed by atoms with Gasteiger partial charge in [-0.25, -0.2) is 0 Å². The number of H-pyrrole nitrogens is 1. The van der Waals surface area contributed by atoms with Gasteiger partial charge in [0.25, 0.3) is 11.8 Å².